The highest BCUT2D eigenvalue weighted by atomic mass is 32.2. The van der Waals surface area contributed by atoms with E-state index in [-0.39, 0.29) is 6.29 Å². The molecule has 9 heteroatoms. The van der Waals surface area contributed by atoms with E-state index in [0.717, 1.165) is 0 Å². The van der Waals surface area contributed by atoms with Crippen molar-refractivity contribution in [1.82, 2.24) is 0 Å². The van der Waals surface area contributed by atoms with Crippen molar-refractivity contribution < 1.29 is 30.7 Å². The van der Waals surface area contributed by atoms with Crippen molar-refractivity contribution in [1.29, 1.82) is 0 Å². The fraction of sp³-hybridized carbons (Fsp3) is 0. The third-order valence-corrected chi connectivity index (χ3v) is 3.41. The van der Waals surface area contributed by atoms with Gasteiger partial charge in [-0.15, -0.1) is 0 Å². The molecule has 0 heterocycles. The Kier molecular flexibility index (Phi) is 3.15. The molecule has 16 heavy (non-hydrogen) atoms. The zero-order chi connectivity index (χ0) is 12.6. The Morgan fingerprint density at radius 3 is 1.94 bits per heavy atom. The van der Waals surface area contributed by atoms with Crippen LogP contribution in [0.2, 0.25) is 0 Å². The molecule has 0 bridgehead atoms. The Bertz CT molecular complexity index is 627. The van der Waals surface area contributed by atoms with E-state index in [1.54, 1.807) is 0 Å². The standard InChI is InChI=1S/C7H6O7S2/c8-4-5-3-6(15(9,10)11)1-2-7(5)16(12,13)14/h1-4H,(H,9,10,11)(H,12,13,14)/p-2. The molecular formula is C7H4O7S2-2. The van der Waals surface area contributed by atoms with Gasteiger partial charge in [0.15, 0.2) is 6.29 Å². The van der Waals surface area contributed by atoms with Gasteiger partial charge in [-0.1, -0.05) is 0 Å². The minimum absolute atomic E-state index is 0.0144. The van der Waals surface area contributed by atoms with Gasteiger partial charge in [-0.2, -0.15) is 0 Å². The van der Waals surface area contributed by atoms with Gasteiger partial charge in [0.1, 0.15) is 20.2 Å². The van der Waals surface area contributed by atoms with Gasteiger partial charge in [-0.25, -0.2) is 16.8 Å². The summed E-state index contributed by atoms with van der Waals surface area (Å²) in [6, 6.07) is 1.80. The molecule has 0 N–H and O–H groups in total. The molecular weight excluding hydrogens is 260 g/mol. The average molecular weight is 264 g/mol. The van der Waals surface area contributed by atoms with E-state index >= 15 is 0 Å². The summed E-state index contributed by atoms with van der Waals surface area (Å²) in [5.74, 6) is 0. The summed E-state index contributed by atoms with van der Waals surface area (Å²) < 4.78 is 63.6. The Hall–Kier alpha value is -1.29. The maximum Gasteiger partial charge on any atom is 0.151 e. The van der Waals surface area contributed by atoms with Crippen LogP contribution in [0.25, 0.3) is 0 Å². The molecule has 0 radical (unpaired) electrons. The van der Waals surface area contributed by atoms with Crippen molar-refractivity contribution in [2.24, 2.45) is 0 Å². The molecule has 0 atom stereocenters. The zero-order valence-electron chi connectivity index (χ0n) is 7.48. The Labute approximate surface area is 91.2 Å². The second-order valence-corrected chi connectivity index (χ2v) is 5.45. The van der Waals surface area contributed by atoms with Crippen LogP contribution in [0.15, 0.2) is 28.0 Å². The second kappa shape index (κ2) is 3.94. The van der Waals surface area contributed by atoms with Crippen LogP contribution in [0.4, 0.5) is 0 Å². The fourth-order valence-corrected chi connectivity index (χ4v) is 2.14. The first-order valence-corrected chi connectivity index (χ1v) is 6.49. The molecule has 0 aliphatic heterocycles. The van der Waals surface area contributed by atoms with Crippen LogP contribution in [0.5, 0.6) is 0 Å². The van der Waals surface area contributed by atoms with Crippen LogP contribution in [0.1, 0.15) is 10.4 Å². The highest BCUT2D eigenvalue weighted by Crippen LogP contribution is 2.18. The highest BCUT2D eigenvalue weighted by Gasteiger charge is 2.11. The molecule has 0 spiro atoms. The summed E-state index contributed by atoms with van der Waals surface area (Å²) in [5.41, 5.74) is -0.660. The van der Waals surface area contributed by atoms with E-state index in [0.29, 0.717) is 18.2 Å². The average Bonchev–Trinajstić information content (AvgIpc) is 2.14. The summed E-state index contributed by atoms with van der Waals surface area (Å²) in [7, 11) is -9.69. The van der Waals surface area contributed by atoms with Gasteiger partial charge >= 0.3 is 0 Å². The molecule has 1 aromatic carbocycles. The van der Waals surface area contributed by atoms with E-state index in [2.05, 4.69) is 0 Å². The molecule has 0 unspecified atom stereocenters. The predicted octanol–water partition coefficient (Wildman–Crippen LogP) is -0.693. The van der Waals surface area contributed by atoms with E-state index in [4.69, 9.17) is 0 Å². The first kappa shape index (κ1) is 12.8. The van der Waals surface area contributed by atoms with Crippen LogP contribution in [-0.2, 0) is 20.2 Å². The molecule has 7 nitrogen and oxygen atoms in total. The molecule has 1 aromatic rings. The van der Waals surface area contributed by atoms with Gasteiger partial charge in [0.25, 0.3) is 0 Å². The minimum atomic E-state index is -4.89. The quantitative estimate of drug-likeness (QED) is 0.521. The molecule has 1 rings (SSSR count). The Morgan fingerprint density at radius 2 is 1.56 bits per heavy atom. The number of benzene rings is 1. The van der Waals surface area contributed by atoms with Crippen molar-refractivity contribution in [3.8, 4) is 0 Å². The lowest BCUT2D eigenvalue weighted by atomic mass is 10.2. The predicted molar refractivity (Wildman–Crippen MR) is 47.8 cm³/mol. The fourth-order valence-electron chi connectivity index (χ4n) is 1.00. The van der Waals surface area contributed by atoms with Crippen LogP contribution in [-0.4, -0.2) is 32.2 Å². The van der Waals surface area contributed by atoms with Gasteiger partial charge < -0.3 is 9.11 Å². The van der Waals surface area contributed by atoms with Gasteiger partial charge in [0.05, 0.1) is 9.79 Å². The van der Waals surface area contributed by atoms with Crippen molar-refractivity contribution >= 4 is 26.5 Å². The largest absolute Gasteiger partial charge is 0.744 e. The zero-order valence-corrected chi connectivity index (χ0v) is 9.12. The second-order valence-electron chi connectivity index (χ2n) is 2.73. The molecule has 0 aliphatic rings. The topological polar surface area (TPSA) is 131 Å². The first-order valence-electron chi connectivity index (χ1n) is 3.67. The molecule has 0 amide bonds. The lowest BCUT2D eigenvalue weighted by Crippen LogP contribution is -2.06. The van der Waals surface area contributed by atoms with Crippen molar-refractivity contribution in [2.45, 2.75) is 9.79 Å². The number of carbonyl (C=O) groups excluding carboxylic acids is 1. The van der Waals surface area contributed by atoms with E-state index < -0.39 is 35.6 Å². The normalized spacial score (nSPS) is 12.4. The van der Waals surface area contributed by atoms with Crippen molar-refractivity contribution in [3.05, 3.63) is 23.8 Å². The summed E-state index contributed by atoms with van der Waals surface area (Å²) >= 11 is 0. The summed E-state index contributed by atoms with van der Waals surface area (Å²) in [6.45, 7) is 0. The molecule has 0 aromatic heterocycles. The number of hydrogen-bond acceptors (Lipinski definition) is 7. The summed E-state index contributed by atoms with van der Waals surface area (Å²) in [6.07, 6.45) is -0.0144. The van der Waals surface area contributed by atoms with Crippen LogP contribution in [0, 0.1) is 0 Å². The monoisotopic (exact) mass is 264 g/mol. The van der Waals surface area contributed by atoms with E-state index in [1.165, 1.54) is 0 Å². The first-order chi connectivity index (χ1) is 7.16. The van der Waals surface area contributed by atoms with Gasteiger partial charge in [0.2, 0.25) is 0 Å². The smallest absolute Gasteiger partial charge is 0.151 e. The van der Waals surface area contributed by atoms with Crippen LogP contribution < -0.4 is 0 Å². The van der Waals surface area contributed by atoms with E-state index in [9.17, 15) is 30.7 Å². The third-order valence-electron chi connectivity index (χ3n) is 1.67. The summed E-state index contributed by atoms with van der Waals surface area (Å²) in [4.78, 5) is 8.81. The van der Waals surface area contributed by atoms with Gasteiger partial charge in [0, 0.05) is 5.56 Å². The Balaban J connectivity index is 3.58. The maximum absolute atomic E-state index is 10.6. The van der Waals surface area contributed by atoms with Crippen molar-refractivity contribution in [2.75, 3.05) is 0 Å². The van der Waals surface area contributed by atoms with Crippen LogP contribution >= 0.6 is 0 Å². The highest BCUT2D eigenvalue weighted by molar-refractivity contribution is 7.86. The van der Waals surface area contributed by atoms with Gasteiger partial charge in [-0.3, -0.25) is 4.79 Å². The number of aldehydes is 1. The molecule has 0 saturated heterocycles. The minimum Gasteiger partial charge on any atom is -0.744 e. The number of rotatable bonds is 3. The maximum atomic E-state index is 10.6. The van der Waals surface area contributed by atoms with E-state index in [1.807, 2.05) is 0 Å². The third kappa shape index (κ3) is 2.64. The van der Waals surface area contributed by atoms with Crippen LogP contribution in [0.3, 0.4) is 0 Å². The van der Waals surface area contributed by atoms with Gasteiger partial charge in [-0.05, 0) is 18.2 Å². The summed E-state index contributed by atoms with van der Waals surface area (Å²) in [5, 5.41) is 0. The number of carbonyl (C=O) groups is 1. The number of hydrogen-bond donors (Lipinski definition) is 0. The Morgan fingerprint density at radius 1 is 1.00 bits per heavy atom. The lowest BCUT2D eigenvalue weighted by Gasteiger charge is -2.12. The lowest BCUT2D eigenvalue weighted by molar-refractivity contribution is 0.112. The molecule has 0 saturated carbocycles. The molecule has 88 valence electrons. The molecule has 0 aliphatic carbocycles. The SMILES string of the molecule is O=Cc1cc(S(=O)(=O)[O-])ccc1S(=O)(=O)[O-]. The van der Waals surface area contributed by atoms with Crippen molar-refractivity contribution in [3.63, 3.8) is 0 Å². The molecule has 0 fully saturated rings.